The fourth-order valence-corrected chi connectivity index (χ4v) is 3.61. The van der Waals surface area contributed by atoms with Crippen molar-refractivity contribution in [2.24, 2.45) is 0 Å². The van der Waals surface area contributed by atoms with Gasteiger partial charge in [-0.15, -0.1) is 0 Å². The fraction of sp³-hybridized carbons (Fsp3) is 0.400. The van der Waals surface area contributed by atoms with Gasteiger partial charge in [0.15, 0.2) is 5.60 Å². The minimum atomic E-state index is -4.93. The molecule has 0 spiro atoms. The third-order valence-electron chi connectivity index (χ3n) is 4.63. The molecule has 0 saturated carbocycles. The van der Waals surface area contributed by atoms with E-state index in [-0.39, 0.29) is 26.9 Å². The van der Waals surface area contributed by atoms with Crippen LogP contribution in [0.1, 0.15) is 31.4 Å². The molecule has 154 valence electrons. The highest BCUT2D eigenvalue weighted by atomic mass is 35.5. The van der Waals surface area contributed by atoms with Gasteiger partial charge in [0, 0.05) is 12.0 Å². The summed E-state index contributed by atoms with van der Waals surface area (Å²) in [5, 5.41) is 10.9. The van der Waals surface area contributed by atoms with Crippen molar-refractivity contribution >= 4 is 23.2 Å². The van der Waals surface area contributed by atoms with E-state index in [0.29, 0.717) is 0 Å². The summed E-state index contributed by atoms with van der Waals surface area (Å²) in [4.78, 5) is 0. The first-order chi connectivity index (χ1) is 12.8. The lowest BCUT2D eigenvalue weighted by Gasteiger charge is -2.38. The maximum absolute atomic E-state index is 13.9. The summed E-state index contributed by atoms with van der Waals surface area (Å²) in [6.45, 7) is 2.99. The standard InChI is InChI=1S/C20H20Cl2F4O2/c1-18(2,14-9-13(23)5-7-17(14)28-3)11-19(27,20(24,25)26)10-12-4-6-15(21)16(22)8-12/h4-9,27H,10-11H2,1-3H3. The zero-order valence-corrected chi connectivity index (χ0v) is 17.0. The molecular weight excluding hydrogens is 419 g/mol. The van der Waals surface area contributed by atoms with E-state index >= 15 is 0 Å². The van der Waals surface area contributed by atoms with Gasteiger partial charge in [-0.05, 0) is 47.7 Å². The third kappa shape index (κ3) is 4.91. The Morgan fingerprint density at radius 3 is 2.18 bits per heavy atom. The van der Waals surface area contributed by atoms with Crippen molar-refractivity contribution in [1.82, 2.24) is 0 Å². The Morgan fingerprint density at radius 1 is 1.00 bits per heavy atom. The molecule has 2 rings (SSSR count). The van der Waals surface area contributed by atoms with Crippen molar-refractivity contribution in [2.45, 2.75) is 43.9 Å². The maximum Gasteiger partial charge on any atom is 0.417 e. The van der Waals surface area contributed by atoms with Gasteiger partial charge in [-0.25, -0.2) is 4.39 Å². The molecule has 0 aliphatic heterocycles. The molecule has 1 atom stereocenters. The van der Waals surface area contributed by atoms with Crippen molar-refractivity contribution in [2.75, 3.05) is 7.11 Å². The molecule has 0 aromatic heterocycles. The average Bonchev–Trinajstić information content (AvgIpc) is 2.56. The van der Waals surface area contributed by atoms with Crippen LogP contribution < -0.4 is 4.74 Å². The van der Waals surface area contributed by atoms with Gasteiger partial charge in [-0.1, -0.05) is 43.1 Å². The molecule has 0 amide bonds. The van der Waals surface area contributed by atoms with E-state index < -0.39 is 35.9 Å². The Morgan fingerprint density at radius 2 is 1.64 bits per heavy atom. The summed E-state index contributed by atoms with van der Waals surface area (Å²) in [5.74, 6) is -0.366. The lowest BCUT2D eigenvalue weighted by atomic mass is 9.72. The van der Waals surface area contributed by atoms with E-state index in [9.17, 15) is 22.7 Å². The lowest BCUT2D eigenvalue weighted by molar-refractivity contribution is -0.266. The van der Waals surface area contributed by atoms with Crippen LogP contribution >= 0.6 is 23.2 Å². The van der Waals surface area contributed by atoms with Gasteiger partial charge in [0.05, 0.1) is 17.2 Å². The van der Waals surface area contributed by atoms with E-state index in [2.05, 4.69) is 0 Å². The maximum atomic E-state index is 13.9. The predicted molar refractivity (Wildman–Crippen MR) is 102 cm³/mol. The molecule has 0 radical (unpaired) electrons. The number of hydrogen-bond donors (Lipinski definition) is 1. The van der Waals surface area contributed by atoms with Crippen molar-refractivity contribution in [3.8, 4) is 5.75 Å². The van der Waals surface area contributed by atoms with E-state index in [1.807, 2.05) is 0 Å². The topological polar surface area (TPSA) is 29.5 Å². The summed E-state index contributed by atoms with van der Waals surface area (Å²) in [6, 6.07) is 7.66. The molecular formula is C20H20Cl2F4O2. The van der Waals surface area contributed by atoms with E-state index in [1.54, 1.807) is 0 Å². The highest BCUT2D eigenvalue weighted by Crippen LogP contribution is 2.45. The first-order valence-electron chi connectivity index (χ1n) is 8.36. The van der Waals surface area contributed by atoms with Crippen molar-refractivity contribution in [1.29, 1.82) is 0 Å². The average molecular weight is 439 g/mol. The van der Waals surface area contributed by atoms with Gasteiger partial charge in [0.25, 0.3) is 0 Å². The molecule has 2 aromatic carbocycles. The van der Waals surface area contributed by atoms with Crippen LogP contribution in [0.5, 0.6) is 5.75 Å². The molecule has 0 heterocycles. The summed E-state index contributed by atoms with van der Waals surface area (Å²) in [5.41, 5.74) is -3.93. The fourth-order valence-electron chi connectivity index (χ4n) is 3.29. The van der Waals surface area contributed by atoms with Crippen LogP contribution in [0.2, 0.25) is 10.0 Å². The molecule has 1 N–H and O–H groups in total. The van der Waals surface area contributed by atoms with Gasteiger partial charge < -0.3 is 9.84 Å². The van der Waals surface area contributed by atoms with E-state index in [4.69, 9.17) is 27.9 Å². The van der Waals surface area contributed by atoms with Crippen LogP contribution in [-0.2, 0) is 11.8 Å². The van der Waals surface area contributed by atoms with Crippen molar-refractivity contribution in [3.63, 3.8) is 0 Å². The highest BCUT2D eigenvalue weighted by Gasteiger charge is 2.56. The SMILES string of the molecule is COc1ccc(F)cc1C(C)(C)CC(O)(Cc1ccc(Cl)c(Cl)c1)C(F)(F)F. The molecule has 2 nitrogen and oxygen atoms in total. The zero-order chi connectivity index (χ0) is 21.3. The van der Waals surface area contributed by atoms with Gasteiger partial charge in [0.1, 0.15) is 11.6 Å². The number of hydrogen-bond acceptors (Lipinski definition) is 2. The van der Waals surface area contributed by atoms with Gasteiger partial charge in [-0.3, -0.25) is 0 Å². The molecule has 0 saturated heterocycles. The summed E-state index contributed by atoms with van der Waals surface area (Å²) < 4.78 is 60.5. The summed E-state index contributed by atoms with van der Waals surface area (Å²) in [6.07, 6.45) is -6.38. The molecule has 2 aromatic rings. The van der Waals surface area contributed by atoms with Crippen molar-refractivity contribution in [3.05, 3.63) is 63.4 Å². The van der Waals surface area contributed by atoms with Crippen LogP contribution in [0.15, 0.2) is 36.4 Å². The van der Waals surface area contributed by atoms with Gasteiger partial charge in [0.2, 0.25) is 0 Å². The van der Waals surface area contributed by atoms with E-state index in [0.717, 1.165) is 12.1 Å². The number of alkyl halides is 3. The minimum Gasteiger partial charge on any atom is -0.496 e. The number of methoxy groups -OCH3 is 1. The Hall–Kier alpha value is -1.50. The molecule has 1 unspecified atom stereocenters. The van der Waals surface area contributed by atoms with Crippen LogP contribution in [-0.4, -0.2) is 24.0 Å². The Balaban J connectivity index is 2.45. The molecule has 28 heavy (non-hydrogen) atoms. The first-order valence-corrected chi connectivity index (χ1v) is 9.12. The molecule has 0 bridgehead atoms. The smallest absolute Gasteiger partial charge is 0.417 e. The minimum absolute atomic E-state index is 0.0924. The Bertz CT molecular complexity index is 853. The Kier molecular flexibility index (Phi) is 6.58. The largest absolute Gasteiger partial charge is 0.496 e. The first kappa shape index (κ1) is 22.8. The van der Waals surface area contributed by atoms with Crippen LogP contribution in [0, 0.1) is 5.82 Å². The monoisotopic (exact) mass is 438 g/mol. The number of halogens is 6. The summed E-state index contributed by atoms with van der Waals surface area (Å²) >= 11 is 11.7. The quantitative estimate of drug-likeness (QED) is 0.532. The third-order valence-corrected chi connectivity index (χ3v) is 5.37. The predicted octanol–water partition coefficient (Wildman–Crippen LogP) is 6.34. The normalized spacial score (nSPS) is 14.6. The molecule has 0 fully saturated rings. The lowest BCUT2D eigenvalue weighted by Crippen LogP contribution is -2.50. The molecule has 0 aliphatic rings. The second-order valence-electron chi connectivity index (χ2n) is 7.36. The summed E-state index contributed by atoms with van der Waals surface area (Å²) in [7, 11) is 1.35. The second kappa shape index (κ2) is 8.09. The zero-order valence-electron chi connectivity index (χ0n) is 15.5. The van der Waals surface area contributed by atoms with Crippen LogP contribution in [0.3, 0.4) is 0 Å². The van der Waals surface area contributed by atoms with Gasteiger partial charge in [-0.2, -0.15) is 13.2 Å². The number of aliphatic hydroxyl groups is 1. The second-order valence-corrected chi connectivity index (χ2v) is 8.17. The molecule has 0 aliphatic carbocycles. The van der Waals surface area contributed by atoms with Gasteiger partial charge >= 0.3 is 6.18 Å². The van der Waals surface area contributed by atoms with E-state index in [1.165, 1.54) is 45.2 Å². The Labute approximate surface area is 171 Å². The van der Waals surface area contributed by atoms with Crippen LogP contribution in [0.4, 0.5) is 17.6 Å². The van der Waals surface area contributed by atoms with Crippen molar-refractivity contribution < 1.29 is 27.4 Å². The highest BCUT2D eigenvalue weighted by molar-refractivity contribution is 6.42. The number of benzene rings is 2. The molecule has 8 heteroatoms. The number of ether oxygens (including phenoxy) is 1. The number of rotatable bonds is 6. The van der Waals surface area contributed by atoms with Crippen LogP contribution in [0.25, 0.3) is 0 Å².